The van der Waals surface area contributed by atoms with Gasteiger partial charge in [0.15, 0.2) is 0 Å². The number of rotatable bonds is 4. The molecule has 0 radical (unpaired) electrons. The summed E-state index contributed by atoms with van der Waals surface area (Å²) < 4.78 is 13.3. The molecular weight excluding hydrogens is 317 g/mol. The lowest BCUT2D eigenvalue weighted by molar-refractivity contribution is -0.117. The van der Waals surface area contributed by atoms with Crippen molar-refractivity contribution in [2.24, 2.45) is 5.92 Å². The predicted molar refractivity (Wildman–Crippen MR) is 96.2 cm³/mol. The fourth-order valence-electron chi connectivity index (χ4n) is 3.61. The molecule has 1 aliphatic carbocycles. The molecule has 1 aromatic heterocycles. The summed E-state index contributed by atoms with van der Waals surface area (Å²) in [5, 5.41) is 2.89. The van der Waals surface area contributed by atoms with Gasteiger partial charge >= 0.3 is 0 Å². The van der Waals surface area contributed by atoms with E-state index < -0.39 is 0 Å². The number of aromatic nitrogens is 1. The molecule has 5 heteroatoms. The molecule has 2 heterocycles. The van der Waals surface area contributed by atoms with Gasteiger partial charge in [0.1, 0.15) is 11.6 Å². The zero-order valence-corrected chi connectivity index (χ0v) is 14.1. The number of carbonyl (C=O) groups is 1. The van der Waals surface area contributed by atoms with Crippen LogP contribution in [-0.2, 0) is 4.79 Å². The quantitative estimate of drug-likeness (QED) is 0.917. The lowest BCUT2D eigenvalue weighted by Gasteiger charge is -2.28. The van der Waals surface area contributed by atoms with Gasteiger partial charge in [0, 0.05) is 19.0 Å². The number of piperidine rings is 1. The van der Waals surface area contributed by atoms with Gasteiger partial charge in [0.05, 0.1) is 11.9 Å². The molecule has 2 fully saturated rings. The number of nitrogens with zero attached hydrogens (tertiary/aromatic N) is 2. The first-order valence-electron chi connectivity index (χ1n) is 8.98. The van der Waals surface area contributed by atoms with E-state index in [4.69, 9.17) is 0 Å². The number of pyridine rings is 1. The minimum atomic E-state index is -0.251. The molecule has 4 rings (SSSR count). The standard InChI is InChI=1S/C20H22FN3O/c21-15-6-4-5-14(11-15)17-12-18(17)20(25)23-19-8-7-16(13-22-19)24-9-2-1-3-10-24/h4-8,11,13,17-18H,1-3,9-10,12H2,(H,22,23,25)/t17-,18+/m1/s1. The highest BCUT2D eigenvalue weighted by molar-refractivity contribution is 5.94. The summed E-state index contributed by atoms with van der Waals surface area (Å²) in [5.74, 6) is 0.315. The Morgan fingerprint density at radius 1 is 1.16 bits per heavy atom. The molecule has 25 heavy (non-hydrogen) atoms. The molecule has 4 nitrogen and oxygen atoms in total. The summed E-state index contributed by atoms with van der Waals surface area (Å²) in [4.78, 5) is 19.1. The van der Waals surface area contributed by atoms with Crippen molar-refractivity contribution < 1.29 is 9.18 Å². The summed E-state index contributed by atoms with van der Waals surface area (Å²) in [6, 6.07) is 10.4. The maximum Gasteiger partial charge on any atom is 0.229 e. The van der Waals surface area contributed by atoms with Crippen LogP contribution in [-0.4, -0.2) is 24.0 Å². The molecule has 1 amide bonds. The average molecular weight is 339 g/mol. The molecule has 1 aromatic carbocycles. The SMILES string of the molecule is O=C(Nc1ccc(N2CCCCC2)cn1)[C@H]1C[C@@H]1c1cccc(F)c1. The summed E-state index contributed by atoms with van der Waals surface area (Å²) in [6.45, 7) is 2.15. The van der Waals surface area contributed by atoms with Crippen molar-refractivity contribution in [2.75, 3.05) is 23.3 Å². The van der Waals surface area contributed by atoms with Crippen LogP contribution in [0.4, 0.5) is 15.9 Å². The summed E-state index contributed by atoms with van der Waals surface area (Å²) >= 11 is 0. The Morgan fingerprint density at radius 2 is 2.00 bits per heavy atom. The largest absolute Gasteiger partial charge is 0.370 e. The van der Waals surface area contributed by atoms with Crippen LogP contribution in [0.5, 0.6) is 0 Å². The third-order valence-electron chi connectivity index (χ3n) is 5.12. The van der Waals surface area contributed by atoms with Gasteiger partial charge in [-0.05, 0) is 61.4 Å². The van der Waals surface area contributed by atoms with Gasteiger partial charge in [-0.25, -0.2) is 9.37 Å². The van der Waals surface area contributed by atoms with Crippen LogP contribution in [0.25, 0.3) is 0 Å². The zero-order chi connectivity index (χ0) is 17.2. The van der Waals surface area contributed by atoms with Crippen LogP contribution in [0.15, 0.2) is 42.6 Å². The summed E-state index contributed by atoms with van der Waals surface area (Å²) in [7, 11) is 0. The lowest BCUT2D eigenvalue weighted by atomic mass is 10.1. The van der Waals surface area contributed by atoms with E-state index in [2.05, 4.69) is 15.2 Å². The minimum Gasteiger partial charge on any atom is -0.370 e. The number of hydrogen-bond donors (Lipinski definition) is 1. The smallest absolute Gasteiger partial charge is 0.229 e. The third-order valence-corrected chi connectivity index (χ3v) is 5.12. The number of anilines is 2. The Morgan fingerprint density at radius 3 is 2.72 bits per heavy atom. The molecule has 130 valence electrons. The molecule has 2 atom stereocenters. The second kappa shape index (κ2) is 6.82. The highest BCUT2D eigenvalue weighted by Gasteiger charge is 2.44. The molecule has 1 aliphatic heterocycles. The van der Waals surface area contributed by atoms with Crippen LogP contribution < -0.4 is 10.2 Å². The monoisotopic (exact) mass is 339 g/mol. The lowest BCUT2D eigenvalue weighted by Crippen LogP contribution is -2.29. The van der Waals surface area contributed by atoms with Crippen molar-refractivity contribution in [1.82, 2.24) is 4.98 Å². The van der Waals surface area contributed by atoms with Crippen LogP contribution in [0.1, 0.15) is 37.2 Å². The zero-order valence-electron chi connectivity index (χ0n) is 14.1. The second-order valence-corrected chi connectivity index (χ2v) is 6.94. The predicted octanol–water partition coefficient (Wildman–Crippen LogP) is 3.95. The number of halogens is 1. The van der Waals surface area contributed by atoms with Crippen LogP contribution >= 0.6 is 0 Å². The van der Waals surface area contributed by atoms with Gasteiger partial charge in [-0.1, -0.05) is 12.1 Å². The fourth-order valence-corrected chi connectivity index (χ4v) is 3.61. The van der Waals surface area contributed by atoms with Crippen molar-refractivity contribution >= 4 is 17.4 Å². The average Bonchev–Trinajstić information content (AvgIpc) is 3.44. The van der Waals surface area contributed by atoms with Gasteiger partial charge in [0.2, 0.25) is 5.91 Å². The van der Waals surface area contributed by atoms with Crippen molar-refractivity contribution in [1.29, 1.82) is 0 Å². The molecule has 2 aromatic rings. The molecule has 0 spiro atoms. The molecule has 0 bridgehead atoms. The summed E-state index contributed by atoms with van der Waals surface area (Å²) in [5.41, 5.74) is 2.01. The third kappa shape index (κ3) is 3.65. The van der Waals surface area contributed by atoms with Crippen LogP contribution in [0.3, 0.4) is 0 Å². The topological polar surface area (TPSA) is 45.2 Å². The van der Waals surface area contributed by atoms with E-state index in [0.29, 0.717) is 5.82 Å². The van der Waals surface area contributed by atoms with Crippen molar-refractivity contribution in [3.8, 4) is 0 Å². The van der Waals surface area contributed by atoms with Gasteiger partial charge in [-0.3, -0.25) is 4.79 Å². The van der Waals surface area contributed by atoms with Gasteiger partial charge in [-0.15, -0.1) is 0 Å². The number of nitrogens with one attached hydrogen (secondary N) is 1. The highest BCUT2D eigenvalue weighted by Crippen LogP contribution is 2.48. The van der Waals surface area contributed by atoms with E-state index in [1.54, 1.807) is 6.07 Å². The molecule has 2 aliphatic rings. The van der Waals surface area contributed by atoms with E-state index in [0.717, 1.165) is 30.8 Å². The van der Waals surface area contributed by atoms with Gasteiger partial charge in [-0.2, -0.15) is 0 Å². The second-order valence-electron chi connectivity index (χ2n) is 6.94. The maximum atomic E-state index is 13.3. The maximum absolute atomic E-state index is 13.3. The van der Waals surface area contributed by atoms with Crippen molar-refractivity contribution in [3.63, 3.8) is 0 Å². The fraction of sp³-hybridized carbons (Fsp3) is 0.400. The van der Waals surface area contributed by atoms with Gasteiger partial charge < -0.3 is 10.2 Å². The summed E-state index contributed by atoms with van der Waals surface area (Å²) in [6.07, 6.45) is 6.34. The first-order chi connectivity index (χ1) is 12.2. The molecular formula is C20H22FN3O. The molecule has 1 N–H and O–H groups in total. The van der Waals surface area contributed by atoms with E-state index in [9.17, 15) is 9.18 Å². The van der Waals surface area contributed by atoms with Gasteiger partial charge in [0.25, 0.3) is 0 Å². The van der Waals surface area contributed by atoms with E-state index in [1.165, 1.54) is 31.4 Å². The van der Waals surface area contributed by atoms with Crippen LogP contribution in [0.2, 0.25) is 0 Å². The first kappa shape index (κ1) is 16.1. The normalized spacial score (nSPS) is 22.5. The molecule has 0 unspecified atom stereocenters. The minimum absolute atomic E-state index is 0.0347. The Hall–Kier alpha value is -2.43. The number of benzene rings is 1. The molecule has 1 saturated carbocycles. The van der Waals surface area contributed by atoms with E-state index in [-0.39, 0.29) is 23.6 Å². The first-order valence-corrected chi connectivity index (χ1v) is 8.98. The van der Waals surface area contributed by atoms with Crippen molar-refractivity contribution in [3.05, 3.63) is 54.0 Å². The number of amides is 1. The number of hydrogen-bond acceptors (Lipinski definition) is 3. The Labute approximate surface area is 147 Å². The van der Waals surface area contributed by atoms with E-state index in [1.807, 2.05) is 24.4 Å². The Bertz CT molecular complexity index is 756. The van der Waals surface area contributed by atoms with Crippen LogP contribution in [0, 0.1) is 11.7 Å². The number of carbonyl (C=O) groups excluding carboxylic acids is 1. The Balaban J connectivity index is 1.35. The highest BCUT2D eigenvalue weighted by atomic mass is 19.1. The van der Waals surface area contributed by atoms with E-state index >= 15 is 0 Å². The Kier molecular flexibility index (Phi) is 4.38. The van der Waals surface area contributed by atoms with Crippen molar-refractivity contribution in [2.45, 2.75) is 31.6 Å². The molecule has 1 saturated heterocycles.